The zero-order chi connectivity index (χ0) is 18.1. The Morgan fingerprint density at radius 3 is 2.42 bits per heavy atom. The van der Waals surface area contributed by atoms with Crippen LogP contribution in [0, 0.1) is 10.1 Å². The molecule has 0 fully saturated rings. The van der Waals surface area contributed by atoms with Crippen LogP contribution in [0.5, 0.6) is 0 Å². The van der Waals surface area contributed by atoms with E-state index in [9.17, 15) is 14.9 Å². The number of hydrogen-bond acceptors (Lipinski definition) is 7. The summed E-state index contributed by atoms with van der Waals surface area (Å²) in [5.74, 6) is -0.410. The Morgan fingerprint density at radius 1 is 1.00 bits per heavy atom. The molecule has 2 heterocycles. The number of aromatic nitrogens is 5. The van der Waals surface area contributed by atoms with Gasteiger partial charge < -0.3 is 0 Å². The number of ketones is 1. The number of hydrogen-bond donors (Lipinski definition) is 0. The number of nitro benzene ring substituents is 1. The van der Waals surface area contributed by atoms with Crippen LogP contribution in [0.1, 0.15) is 16.1 Å². The van der Waals surface area contributed by atoms with Gasteiger partial charge >= 0.3 is 0 Å². The van der Waals surface area contributed by atoms with Crippen LogP contribution in [0.2, 0.25) is 0 Å². The van der Waals surface area contributed by atoms with Crippen molar-refractivity contribution in [2.45, 2.75) is 0 Å². The van der Waals surface area contributed by atoms with E-state index in [1.54, 1.807) is 0 Å². The second-order valence-corrected chi connectivity index (χ2v) is 5.36. The van der Waals surface area contributed by atoms with Gasteiger partial charge in [0.1, 0.15) is 12.0 Å². The van der Waals surface area contributed by atoms with E-state index in [-0.39, 0.29) is 22.5 Å². The SMILES string of the molecule is O=C(c1ccc([N+](=O)[O-])cc1)c1ncnc2c1nnn2-c1ccccc1. The molecule has 0 radical (unpaired) electrons. The summed E-state index contributed by atoms with van der Waals surface area (Å²) in [6.45, 7) is 0. The lowest BCUT2D eigenvalue weighted by atomic mass is 10.1. The predicted octanol–water partition coefficient (Wildman–Crippen LogP) is 2.35. The third-order valence-corrected chi connectivity index (χ3v) is 3.79. The maximum absolute atomic E-state index is 12.8. The van der Waals surface area contributed by atoms with Crippen LogP contribution >= 0.6 is 0 Å². The molecule has 0 bridgehead atoms. The Balaban J connectivity index is 1.78. The minimum Gasteiger partial charge on any atom is -0.287 e. The number of benzene rings is 2. The number of fused-ring (bicyclic) bond motifs is 1. The first-order chi connectivity index (χ1) is 12.6. The first-order valence-corrected chi connectivity index (χ1v) is 7.56. The second kappa shape index (κ2) is 6.13. The fraction of sp³-hybridized carbons (Fsp3) is 0. The number of carbonyl (C=O) groups excluding carboxylic acids is 1. The zero-order valence-corrected chi connectivity index (χ0v) is 13.2. The highest BCUT2D eigenvalue weighted by atomic mass is 16.6. The van der Waals surface area contributed by atoms with Crippen LogP contribution in [0.25, 0.3) is 16.9 Å². The molecule has 4 rings (SSSR count). The molecule has 0 amide bonds. The smallest absolute Gasteiger partial charge is 0.269 e. The molecule has 26 heavy (non-hydrogen) atoms. The van der Waals surface area contributed by atoms with E-state index >= 15 is 0 Å². The van der Waals surface area contributed by atoms with Crippen LogP contribution in [-0.2, 0) is 0 Å². The lowest BCUT2D eigenvalue weighted by Crippen LogP contribution is -2.06. The van der Waals surface area contributed by atoms with E-state index in [4.69, 9.17) is 0 Å². The number of nitrogens with zero attached hydrogens (tertiary/aromatic N) is 6. The van der Waals surface area contributed by atoms with Gasteiger partial charge in [-0.3, -0.25) is 14.9 Å². The summed E-state index contributed by atoms with van der Waals surface area (Å²) < 4.78 is 1.52. The fourth-order valence-electron chi connectivity index (χ4n) is 2.53. The van der Waals surface area contributed by atoms with Gasteiger partial charge in [0.2, 0.25) is 5.78 Å². The molecule has 0 aliphatic carbocycles. The number of rotatable bonds is 4. The third kappa shape index (κ3) is 2.57. The minimum absolute atomic E-state index is 0.0889. The average Bonchev–Trinajstić information content (AvgIpc) is 3.12. The van der Waals surface area contributed by atoms with Crippen molar-refractivity contribution in [2.24, 2.45) is 0 Å². The molecule has 9 nitrogen and oxygen atoms in total. The van der Waals surface area contributed by atoms with Crippen molar-refractivity contribution in [3.05, 3.63) is 82.3 Å². The highest BCUT2D eigenvalue weighted by Crippen LogP contribution is 2.20. The number of carbonyl (C=O) groups is 1. The van der Waals surface area contributed by atoms with Gasteiger partial charge in [0.25, 0.3) is 5.69 Å². The van der Waals surface area contributed by atoms with Crippen LogP contribution in [0.3, 0.4) is 0 Å². The highest BCUT2D eigenvalue weighted by molar-refractivity contribution is 6.13. The molecule has 0 aliphatic heterocycles. The first kappa shape index (κ1) is 15.5. The predicted molar refractivity (Wildman–Crippen MR) is 91.0 cm³/mol. The summed E-state index contributed by atoms with van der Waals surface area (Å²) in [6, 6.07) is 14.6. The molecule has 0 N–H and O–H groups in total. The number of non-ortho nitro benzene ring substituents is 1. The average molecular weight is 346 g/mol. The molecule has 9 heteroatoms. The third-order valence-electron chi connectivity index (χ3n) is 3.79. The Morgan fingerprint density at radius 2 is 1.73 bits per heavy atom. The second-order valence-electron chi connectivity index (χ2n) is 5.36. The minimum atomic E-state index is -0.525. The molecule has 2 aromatic carbocycles. The monoisotopic (exact) mass is 346 g/mol. The van der Waals surface area contributed by atoms with Gasteiger partial charge in [-0.15, -0.1) is 5.10 Å². The Labute approximate surface area is 146 Å². The van der Waals surface area contributed by atoms with E-state index in [0.29, 0.717) is 5.65 Å². The number of para-hydroxylation sites is 1. The Hall–Kier alpha value is -4.01. The van der Waals surface area contributed by atoms with Crippen molar-refractivity contribution in [1.82, 2.24) is 25.0 Å². The normalized spacial score (nSPS) is 10.8. The van der Waals surface area contributed by atoms with Crippen molar-refractivity contribution < 1.29 is 9.72 Å². The van der Waals surface area contributed by atoms with Crippen LogP contribution in [0.15, 0.2) is 60.9 Å². The lowest BCUT2D eigenvalue weighted by Gasteiger charge is -2.02. The summed E-state index contributed by atoms with van der Waals surface area (Å²) in [6.07, 6.45) is 1.27. The summed E-state index contributed by atoms with van der Waals surface area (Å²) in [4.78, 5) is 31.2. The summed E-state index contributed by atoms with van der Waals surface area (Å²) >= 11 is 0. The van der Waals surface area contributed by atoms with E-state index in [1.165, 1.54) is 35.3 Å². The Kier molecular flexibility index (Phi) is 3.66. The summed E-state index contributed by atoms with van der Waals surface area (Å²) in [7, 11) is 0. The van der Waals surface area contributed by atoms with E-state index < -0.39 is 10.7 Å². The molecule has 0 spiro atoms. The van der Waals surface area contributed by atoms with Crippen LogP contribution in [0.4, 0.5) is 5.69 Å². The van der Waals surface area contributed by atoms with E-state index in [0.717, 1.165) is 5.69 Å². The molecule has 0 atom stereocenters. The van der Waals surface area contributed by atoms with Gasteiger partial charge in [0.05, 0.1) is 10.6 Å². The summed E-state index contributed by atoms with van der Waals surface area (Å²) in [5.41, 5.74) is 1.68. The van der Waals surface area contributed by atoms with Gasteiger partial charge in [-0.1, -0.05) is 23.4 Å². The quantitative estimate of drug-likeness (QED) is 0.316. The molecular formula is C17H10N6O3. The molecule has 4 aromatic rings. The molecule has 126 valence electrons. The van der Waals surface area contributed by atoms with E-state index in [1.807, 2.05) is 30.3 Å². The van der Waals surface area contributed by atoms with Crippen LogP contribution < -0.4 is 0 Å². The maximum atomic E-state index is 12.8. The van der Waals surface area contributed by atoms with Crippen molar-refractivity contribution >= 4 is 22.6 Å². The van der Waals surface area contributed by atoms with E-state index in [2.05, 4.69) is 20.3 Å². The van der Waals surface area contributed by atoms with Crippen molar-refractivity contribution in [3.63, 3.8) is 0 Å². The number of nitro groups is 1. The molecular weight excluding hydrogens is 336 g/mol. The Bertz CT molecular complexity index is 1120. The van der Waals surface area contributed by atoms with Crippen molar-refractivity contribution in [2.75, 3.05) is 0 Å². The van der Waals surface area contributed by atoms with Gasteiger partial charge in [0, 0.05) is 17.7 Å². The fourth-order valence-corrected chi connectivity index (χ4v) is 2.53. The van der Waals surface area contributed by atoms with Gasteiger partial charge in [-0.2, -0.15) is 4.68 Å². The van der Waals surface area contributed by atoms with Crippen molar-refractivity contribution in [3.8, 4) is 5.69 Å². The van der Waals surface area contributed by atoms with Gasteiger partial charge in [-0.05, 0) is 24.3 Å². The van der Waals surface area contributed by atoms with Crippen LogP contribution in [-0.4, -0.2) is 35.7 Å². The first-order valence-electron chi connectivity index (χ1n) is 7.56. The molecule has 0 unspecified atom stereocenters. The van der Waals surface area contributed by atoms with Gasteiger partial charge in [-0.25, -0.2) is 9.97 Å². The topological polar surface area (TPSA) is 117 Å². The lowest BCUT2D eigenvalue weighted by molar-refractivity contribution is -0.384. The molecule has 0 saturated heterocycles. The molecule has 0 aliphatic rings. The maximum Gasteiger partial charge on any atom is 0.269 e. The molecule has 2 aromatic heterocycles. The standard InChI is InChI=1S/C17H10N6O3/c24-16(11-6-8-13(9-7-11)23(25)26)14-15-17(19-10-18-14)22(21-20-15)12-4-2-1-3-5-12/h1-10H. The largest absolute Gasteiger partial charge is 0.287 e. The zero-order valence-electron chi connectivity index (χ0n) is 13.2. The highest BCUT2D eigenvalue weighted by Gasteiger charge is 2.20. The summed E-state index contributed by atoms with van der Waals surface area (Å²) in [5, 5.41) is 18.9. The van der Waals surface area contributed by atoms with Crippen molar-refractivity contribution in [1.29, 1.82) is 0 Å². The molecule has 0 saturated carbocycles. The van der Waals surface area contributed by atoms with Gasteiger partial charge in [0.15, 0.2) is 11.2 Å².